The van der Waals surface area contributed by atoms with Crippen LogP contribution < -0.4 is 5.32 Å². The normalized spacial score (nSPS) is 18.4. The zero-order chi connectivity index (χ0) is 19.0. The highest BCUT2D eigenvalue weighted by atomic mass is 16.2. The molecule has 0 saturated heterocycles. The van der Waals surface area contributed by atoms with Crippen LogP contribution in [0.15, 0.2) is 24.3 Å². The van der Waals surface area contributed by atoms with E-state index in [1.54, 1.807) is 24.3 Å². The van der Waals surface area contributed by atoms with E-state index in [1.165, 1.54) is 17.7 Å². The first-order valence-electron chi connectivity index (χ1n) is 9.69. The third-order valence-electron chi connectivity index (χ3n) is 5.47. The second kappa shape index (κ2) is 7.23. The largest absolute Gasteiger partial charge is 0.314 e. The standard InChI is InChI=1S/C20H25N5O2/c1-13(21-14(2)18-23-22-17-9-5-6-11-24(17)18)10-12-25-19(26)15-7-3-4-8-16(15)20(25)27/h3-4,7-8,13-14,21H,5-6,9-12H2,1-2H3. The number of hydrogen-bond acceptors (Lipinski definition) is 5. The van der Waals surface area contributed by atoms with Gasteiger partial charge in [0.05, 0.1) is 17.2 Å². The van der Waals surface area contributed by atoms with E-state index in [2.05, 4.69) is 33.9 Å². The fourth-order valence-electron chi connectivity index (χ4n) is 4.00. The van der Waals surface area contributed by atoms with Gasteiger partial charge in [0, 0.05) is 25.6 Å². The number of carbonyl (C=O) groups is 2. The summed E-state index contributed by atoms with van der Waals surface area (Å²) in [5, 5.41) is 12.2. The number of carbonyl (C=O) groups excluding carboxylic acids is 2. The Morgan fingerprint density at radius 1 is 1.07 bits per heavy atom. The molecule has 142 valence electrons. The third kappa shape index (κ3) is 3.27. The number of aromatic nitrogens is 3. The summed E-state index contributed by atoms with van der Waals surface area (Å²) in [5.41, 5.74) is 1.01. The van der Waals surface area contributed by atoms with Gasteiger partial charge in [-0.05, 0) is 45.2 Å². The fourth-order valence-corrected chi connectivity index (χ4v) is 4.00. The van der Waals surface area contributed by atoms with Crippen molar-refractivity contribution in [1.29, 1.82) is 0 Å². The molecule has 4 rings (SSSR count). The molecule has 0 spiro atoms. The minimum atomic E-state index is -0.192. The van der Waals surface area contributed by atoms with Crippen LogP contribution in [-0.4, -0.2) is 44.1 Å². The summed E-state index contributed by atoms with van der Waals surface area (Å²) in [7, 11) is 0. The molecule has 0 aliphatic carbocycles. The van der Waals surface area contributed by atoms with Crippen LogP contribution in [0.3, 0.4) is 0 Å². The van der Waals surface area contributed by atoms with Gasteiger partial charge in [-0.1, -0.05) is 12.1 Å². The quantitative estimate of drug-likeness (QED) is 0.793. The monoisotopic (exact) mass is 367 g/mol. The first-order chi connectivity index (χ1) is 13.1. The summed E-state index contributed by atoms with van der Waals surface area (Å²) in [4.78, 5) is 26.3. The molecule has 2 aliphatic rings. The van der Waals surface area contributed by atoms with Gasteiger partial charge in [-0.2, -0.15) is 0 Å². The predicted molar refractivity (Wildman–Crippen MR) is 100 cm³/mol. The van der Waals surface area contributed by atoms with Crippen molar-refractivity contribution in [2.24, 2.45) is 0 Å². The lowest BCUT2D eigenvalue weighted by molar-refractivity contribution is 0.0648. The van der Waals surface area contributed by atoms with Crippen LogP contribution in [0.4, 0.5) is 0 Å². The van der Waals surface area contributed by atoms with Gasteiger partial charge in [0.15, 0.2) is 0 Å². The van der Waals surface area contributed by atoms with Gasteiger partial charge in [-0.25, -0.2) is 0 Å². The molecule has 0 fully saturated rings. The molecule has 2 atom stereocenters. The zero-order valence-corrected chi connectivity index (χ0v) is 15.8. The highest BCUT2D eigenvalue weighted by Crippen LogP contribution is 2.23. The Morgan fingerprint density at radius 3 is 2.48 bits per heavy atom. The number of rotatable bonds is 6. The second-order valence-corrected chi connectivity index (χ2v) is 7.47. The molecule has 0 radical (unpaired) electrons. The molecule has 27 heavy (non-hydrogen) atoms. The number of benzene rings is 1. The van der Waals surface area contributed by atoms with Crippen LogP contribution in [0, 0.1) is 0 Å². The first-order valence-corrected chi connectivity index (χ1v) is 9.69. The zero-order valence-electron chi connectivity index (χ0n) is 15.8. The highest BCUT2D eigenvalue weighted by Gasteiger charge is 2.34. The first kappa shape index (κ1) is 17.9. The van der Waals surface area contributed by atoms with Gasteiger partial charge >= 0.3 is 0 Å². The maximum absolute atomic E-state index is 12.5. The third-order valence-corrected chi connectivity index (χ3v) is 5.47. The molecule has 2 aliphatic heterocycles. The average molecular weight is 367 g/mol. The summed E-state index contributed by atoms with van der Waals surface area (Å²) >= 11 is 0. The molecular weight excluding hydrogens is 342 g/mol. The van der Waals surface area contributed by atoms with E-state index >= 15 is 0 Å². The van der Waals surface area contributed by atoms with Crippen molar-refractivity contribution in [3.63, 3.8) is 0 Å². The number of fused-ring (bicyclic) bond motifs is 2. The molecule has 1 aromatic carbocycles. The minimum Gasteiger partial charge on any atom is -0.314 e. The Balaban J connectivity index is 1.35. The van der Waals surface area contributed by atoms with Crippen molar-refractivity contribution in [2.45, 2.75) is 58.2 Å². The molecule has 0 saturated carbocycles. The Morgan fingerprint density at radius 2 is 1.78 bits per heavy atom. The number of nitrogens with one attached hydrogen (secondary N) is 1. The fraction of sp³-hybridized carbons (Fsp3) is 0.500. The van der Waals surface area contributed by atoms with Crippen LogP contribution in [-0.2, 0) is 13.0 Å². The maximum atomic E-state index is 12.5. The highest BCUT2D eigenvalue weighted by molar-refractivity contribution is 6.21. The van der Waals surface area contributed by atoms with Crippen LogP contribution in [0.25, 0.3) is 0 Å². The van der Waals surface area contributed by atoms with Crippen molar-refractivity contribution in [3.05, 3.63) is 47.0 Å². The maximum Gasteiger partial charge on any atom is 0.261 e. The smallest absolute Gasteiger partial charge is 0.261 e. The van der Waals surface area contributed by atoms with Crippen LogP contribution in [0.5, 0.6) is 0 Å². The van der Waals surface area contributed by atoms with E-state index in [9.17, 15) is 9.59 Å². The number of aryl methyl sites for hydroxylation is 1. The molecular formula is C20H25N5O2. The van der Waals surface area contributed by atoms with Crippen molar-refractivity contribution in [1.82, 2.24) is 25.0 Å². The number of amides is 2. The molecule has 1 aromatic heterocycles. The van der Waals surface area contributed by atoms with Crippen LogP contribution in [0.2, 0.25) is 0 Å². The van der Waals surface area contributed by atoms with Gasteiger partial charge in [0.2, 0.25) is 0 Å². The number of nitrogens with zero attached hydrogens (tertiary/aromatic N) is 4. The van der Waals surface area contributed by atoms with E-state index in [1.807, 2.05) is 0 Å². The van der Waals surface area contributed by atoms with E-state index in [0.29, 0.717) is 24.1 Å². The number of imide groups is 1. The van der Waals surface area contributed by atoms with Crippen molar-refractivity contribution >= 4 is 11.8 Å². The Bertz CT molecular complexity index is 840. The summed E-state index contributed by atoms with van der Waals surface area (Å²) < 4.78 is 2.22. The molecule has 7 heteroatoms. The topological polar surface area (TPSA) is 80.1 Å². The molecule has 0 bridgehead atoms. The Kier molecular flexibility index (Phi) is 4.78. The molecule has 2 aromatic rings. The average Bonchev–Trinajstić information content (AvgIpc) is 3.21. The second-order valence-electron chi connectivity index (χ2n) is 7.47. The van der Waals surface area contributed by atoms with Crippen molar-refractivity contribution in [2.75, 3.05) is 6.54 Å². The van der Waals surface area contributed by atoms with Gasteiger partial charge in [0.25, 0.3) is 11.8 Å². The predicted octanol–water partition coefficient (Wildman–Crippen LogP) is 2.34. The van der Waals surface area contributed by atoms with E-state index < -0.39 is 0 Å². The summed E-state index contributed by atoms with van der Waals surface area (Å²) in [6.07, 6.45) is 4.03. The lowest BCUT2D eigenvalue weighted by Gasteiger charge is -2.23. The molecule has 1 N–H and O–H groups in total. The van der Waals surface area contributed by atoms with Crippen LogP contribution >= 0.6 is 0 Å². The van der Waals surface area contributed by atoms with Crippen molar-refractivity contribution in [3.8, 4) is 0 Å². The van der Waals surface area contributed by atoms with Gasteiger partial charge in [-0.15, -0.1) is 10.2 Å². The Hall–Kier alpha value is -2.54. The molecule has 3 heterocycles. The lowest BCUT2D eigenvalue weighted by atomic mass is 10.1. The van der Waals surface area contributed by atoms with Gasteiger partial charge in [0.1, 0.15) is 11.6 Å². The summed E-state index contributed by atoms with van der Waals surface area (Å²) in [5.74, 6) is 1.66. The van der Waals surface area contributed by atoms with Crippen LogP contribution in [0.1, 0.15) is 71.5 Å². The van der Waals surface area contributed by atoms with Crippen molar-refractivity contribution < 1.29 is 9.59 Å². The molecule has 7 nitrogen and oxygen atoms in total. The molecule has 2 unspecified atom stereocenters. The van der Waals surface area contributed by atoms with Gasteiger partial charge in [-0.3, -0.25) is 14.5 Å². The van der Waals surface area contributed by atoms with Gasteiger partial charge < -0.3 is 9.88 Å². The van der Waals surface area contributed by atoms with E-state index in [0.717, 1.165) is 24.6 Å². The lowest BCUT2D eigenvalue weighted by Crippen LogP contribution is -2.37. The van der Waals surface area contributed by atoms with E-state index in [-0.39, 0.29) is 23.9 Å². The SMILES string of the molecule is CC(CCN1C(=O)c2ccccc2C1=O)NC(C)c1nnc2n1CCCC2. The van der Waals surface area contributed by atoms with E-state index in [4.69, 9.17) is 0 Å². The minimum absolute atomic E-state index is 0.0709. The Labute approximate surface area is 158 Å². The summed E-state index contributed by atoms with van der Waals surface area (Å²) in [6.45, 7) is 5.55. The number of hydrogen-bond donors (Lipinski definition) is 1. The summed E-state index contributed by atoms with van der Waals surface area (Å²) in [6, 6.07) is 7.22. The molecule has 2 amide bonds.